The zero-order valence-electron chi connectivity index (χ0n) is 13.7. The van der Waals surface area contributed by atoms with Crippen LogP contribution in [0.3, 0.4) is 0 Å². The number of carbonyl (C=O) groups excluding carboxylic acids is 2. The van der Waals surface area contributed by atoms with Crippen LogP contribution in [0.15, 0.2) is 18.2 Å². The molecular formula is C18H23NO4. The number of aromatic hydroxyl groups is 1. The van der Waals surface area contributed by atoms with Gasteiger partial charge in [0, 0.05) is 18.7 Å². The Morgan fingerprint density at radius 3 is 2.43 bits per heavy atom. The minimum Gasteiger partial charge on any atom is -0.507 e. The highest BCUT2D eigenvalue weighted by atomic mass is 16.6. The van der Waals surface area contributed by atoms with Crippen LogP contribution in [0.4, 0.5) is 0 Å². The molecule has 3 rings (SSSR count). The van der Waals surface area contributed by atoms with Crippen LogP contribution in [0.5, 0.6) is 5.75 Å². The maximum atomic E-state index is 13.0. The molecule has 23 heavy (non-hydrogen) atoms. The highest BCUT2D eigenvalue weighted by Crippen LogP contribution is 2.50. The Morgan fingerprint density at radius 2 is 1.83 bits per heavy atom. The lowest BCUT2D eigenvalue weighted by molar-refractivity contribution is 0.0489. The predicted octanol–water partition coefficient (Wildman–Crippen LogP) is 2.77. The van der Waals surface area contributed by atoms with Crippen molar-refractivity contribution in [3.05, 3.63) is 29.3 Å². The molecule has 0 amide bonds. The summed E-state index contributed by atoms with van der Waals surface area (Å²) < 4.78 is 5.70. The first-order valence-electron chi connectivity index (χ1n) is 8.41. The number of hydrogen-bond acceptors (Lipinski definition) is 5. The Balaban J connectivity index is 1.97. The average molecular weight is 317 g/mol. The van der Waals surface area contributed by atoms with Crippen LogP contribution in [-0.2, 0) is 4.74 Å². The monoisotopic (exact) mass is 317 g/mol. The van der Waals surface area contributed by atoms with Crippen molar-refractivity contribution in [3.8, 4) is 5.75 Å². The van der Waals surface area contributed by atoms with Gasteiger partial charge in [0.25, 0.3) is 0 Å². The van der Waals surface area contributed by atoms with Crippen LogP contribution < -0.4 is 0 Å². The van der Waals surface area contributed by atoms with Gasteiger partial charge in [-0.3, -0.25) is 14.5 Å². The number of carbonyl (C=O) groups is 2. The smallest absolute Gasteiger partial charge is 0.221 e. The van der Waals surface area contributed by atoms with Crippen LogP contribution in [0, 0.1) is 0 Å². The molecule has 1 saturated heterocycles. The van der Waals surface area contributed by atoms with Crippen molar-refractivity contribution < 1.29 is 19.4 Å². The van der Waals surface area contributed by atoms with Crippen molar-refractivity contribution in [2.45, 2.75) is 51.4 Å². The number of nitrogens with zero attached hydrogens (tertiary/aromatic N) is 1. The number of hydrogen-bond donors (Lipinski definition) is 1. The zero-order valence-corrected chi connectivity index (χ0v) is 13.7. The lowest BCUT2D eigenvalue weighted by Gasteiger charge is -2.30. The van der Waals surface area contributed by atoms with Crippen LogP contribution >= 0.6 is 0 Å². The van der Waals surface area contributed by atoms with Crippen molar-refractivity contribution in [1.82, 2.24) is 4.90 Å². The number of Topliss-reactive ketones (excluding diaryl/α,β-unsaturated/α-hetero) is 2. The second-order valence-electron chi connectivity index (χ2n) is 6.28. The normalized spacial score (nSPS) is 25.4. The first-order valence-corrected chi connectivity index (χ1v) is 8.41. The largest absolute Gasteiger partial charge is 0.507 e. The molecule has 2 aliphatic rings. The fourth-order valence-corrected chi connectivity index (χ4v) is 3.39. The van der Waals surface area contributed by atoms with Crippen LogP contribution in [-0.4, -0.2) is 46.5 Å². The third-order valence-corrected chi connectivity index (χ3v) is 4.73. The van der Waals surface area contributed by atoms with E-state index in [9.17, 15) is 14.7 Å². The van der Waals surface area contributed by atoms with Crippen molar-refractivity contribution >= 4 is 11.6 Å². The number of benzene rings is 1. The summed E-state index contributed by atoms with van der Waals surface area (Å²) in [5.74, 6) is -0.616. The van der Waals surface area contributed by atoms with Gasteiger partial charge < -0.3 is 9.84 Å². The van der Waals surface area contributed by atoms with Crippen molar-refractivity contribution in [3.63, 3.8) is 0 Å². The number of epoxide rings is 1. The van der Waals surface area contributed by atoms with Gasteiger partial charge in [0.2, 0.25) is 17.3 Å². The predicted molar refractivity (Wildman–Crippen MR) is 85.8 cm³/mol. The fourth-order valence-electron chi connectivity index (χ4n) is 3.39. The number of phenolic OH excluding ortho intramolecular Hbond substituents is 1. The van der Waals surface area contributed by atoms with Gasteiger partial charge in [-0.25, -0.2) is 0 Å². The average Bonchev–Trinajstić information content (AvgIpc) is 3.30. The first kappa shape index (κ1) is 16.1. The minimum absolute atomic E-state index is 0.113. The maximum Gasteiger partial charge on any atom is 0.221 e. The molecule has 0 bridgehead atoms. The third-order valence-electron chi connectivity index (χ3n) is 4.73. The summed E-state index contributed by atoms with van der Waals surface area (Å²) in [5.41, 5.74) is -0.745. The summed E-state index contributed by atoms with van der Waals surface area (Å²) in [6.45, 7) is 5.67. The second kappa shape index (κ2) is 6.06. The summed E-state index contributed by atoms with van der Waals surface area (Å²) in [7, 11) is 0. The highest BCUT2D eigenvalue weighted by molar-refractivity contribution is 6.23. The van der Waals surface area contributed by atoms with E-state index in [-0.39, 0.29) is 28.4 Å². The van der Waals surface area contributed by atoms with E-state index in [4.69, 9.17) is 4.74 Å². The summed E-state index contributed by atoms with van der Waals surface area (Å²) in [6.07, 6.45) is 3.17. The Kier molecular flexibility index (Phi) is 4.25. The van der Waals surface area contributed by atoms with Gasteiger partial charge in [-0.2, -0.15) is 0 Å². The van der Waals surface area contributed by atoms with Gasteiger partial charge in [-0.1, -0.05) is 38.8 Å². The number of unbranched alkanes of at least 4 members (excludes halogenated alkanes) is 2. The maximum absolute atomic E-state index is 13.0. The van der Waals surface area contributed by atoms with Crippen molar-refractivity contribution in [2.24, 2.45) is 0 Å². The van der Waals surface area contributed by atoms with E-state index in [1.807, 2.05) is 4.90 Å². The van der Waals surface area contributed by atoms with Crippen molar-refractivity contribution in [2.75, 3.05) is 13.1 Å². The van der Waals surface area contributed by atoms with E-state index in [1.54, 1.807) is 12.1 Å². The Labute approximate surface area is 136 Å². The summed E-state index contributed by atoms with van der Waals surface area (Å²) >= 11 is 0. The molecule has 1 aliphatic carbocycles. The number of rotatable bonds is 7. The van der Waals surface area contributed by atoms with Gasteiger partial charge in [0.05, 0.1) is 5.56 Å². The Hall–Kier alpha value is -1.72. The van der Waals surface area contributed by atoms with E-state index < -0.39 is 11.8 Å². The molecule has 1 fully saturated rings. The van der Waals surface area contributed by atoms with Gasteiger partial charge in [0.15, 0.2) is 6.10 Å². The molecule has 0 saturated carbocycles. The molecule has 5 nitrogen and oxygen atoms in total. The number of ether oxygens (including phenoxy) is 1. The molecule has 5 heteroatoms. The molecule has 2 atom stereocenters. The van der Waals surface area contributed by atoms with E-state index in [2.05, 4.69) is 13.8 Å². The van der Waals surface area contributed by atoms with Crippen molar-refractivity contribution in [1.29, 1.82) is 0 Å². The molecule has 124 valence electrons. The van der Waals surface area contributed by atoms with Gasteiger partial charge in [-0.05, 0) is 18.9 Å². The molecular weight excluding hydrogens is 294 g/mol. The quantitative estimate of drug-likeness (QED) is 0.783. The highest BCUT2D eigenvalue weighted by Gasteiger charge is 2.72. The van der Waals surface area contributed by atoms with E-state index in [1.165, 1.54) is 6.07 Å². The summed E-state index contributed by atoms with van der Waals surface area (Å²) in [4.78, 5) is 27.7. The van der Waals surface area contributed by atoms with Crippen LogP contribution in [0.1, 0.15) is 60.2 Å². The Bertz CT molecular complexity index is 634. The fraction of sp³-hybridized carbons (Fsp3) is 0.556. The summed E-state index contributed by atoms with van der Waals surface area (Å²) in [6, 6.07) is 4.64. The summed E-state index contributed by atoms with van der Waals surface area (Å²) in [5, 5.41) is 9.94. The van der Waals surface area contributed by atoms with E-state index >= 15 is 0 Å². The number of fused-ring (bicyclic) bond motifs is 2. The van der Waals surface area contributed by atoms with Crippen LogP contribution in [0.2, 0.25) is 0 Å². The molecule has 1 aromatic rings. The van der Waals surface area contributed by atoms with Gasteiger partial charge in [-0.15, -0.1) is 0 Å². The zero-order chi connectivity index (χ0) is 16.6. The minimum atomic E-state index is -1.14. The molecule has 1 aliphatic heterocycles. The first-order chi connectivity index (χ1) is 11.1. The molecule has 1 heterocycles. The number of ketones is 2. The third kappa shape index (κ3) is 2.39. The molecule has 0 radical (unpaired) electrons. The molecule has 0 aromatic heterocycles. The SMILES string of the molecule is CCCCN(CCCC)C12OC1C(=O)c1c(O)cccc1C2=O. The van der Waals surface area contributed by atoms with Crippen LogP contribution in [0.25, 0.3) is 0 Å². The lowest BCUT2D eigenvalue weighted by atomic mass is 9.84. The molecule has 1 aromatic carbocycles. The molecule has 1 N–H and O–H groups in total. The van der Waals surface area contributed by atoms with E-state index in [0.717, 1.165) is 38.8 Å². The number of phenols is 1. The topological polar surface area (TPSA) is 70.1 Å². The molecule has 0 spiro atoms. The Morgan fingerprint density at radius 1 is 1.17 bits per heavy atom. The van der Waals surface area contributed by atoms with Gasteiger partial charge in [0.1, 0.15) is 5.75 Å². The molecule has 2 unspecified atom stereocenters. The second-order valence-corrected chi connectivity index (χ2v) is 6.28. The van der Waals surface area contributed by atoms with E-state index in [0.29, 0.717) is 0 Å². The lowest BCUT2D eigenvalue weighted by Crippen LogP contribution is -2.51. The van der Waals surface area contributed by atoms with Gasteiger partial charge >= 0.3 is 0 Å². The standard InChI is InChI=1S/C18H23NO4/c1-3-5-10-19(11-6-4-2)18-16(22)12-8-7-9-13(20)14(12)15(21)17(18)23-18/h7-9,17,20H,3-6,10-11H2,1-2H3.